The van der Waals surface area contributed by atoms with E-state index in [4.69, 9.17) is 16.3 Å². The lowest BCUT2D eigenvalue weighted by Crippen LogP contribution is -2.22. The third-order valence-corrected chi connectivity index (χ3v) is 3.61. The third-order valence-electron chi connectivity index (χ3n) is 3.38. The number of benzene rings is 2. The van der Waals surface area contributed by atoms with Crippen LogP contribution in [0.25, 0.3) is 0 Å². The molecule has 0 aromatic heterocycles. The highest BCUT2D eigenvalue weighted by molar-refractivity contribution is 6.30. The first-order valence-corrected chi connectivity index (χ1v) is 7.17. The topological polar surface area (TPSA) is 21.3 Å². The molecule has 2 aromatic rings. The van der Waals surface area contributed by atoms with Gasteiger partial charge in [-0.1, -0.05) is 36.7 Å². The SMILES string of the molecule is CCNC(c1cccc(Cl)c1)c1ccc(OC)cc1C. The summed E-state index contributed by atoms with van der Waals surface area (Å²) in [5, 5.41) is 4.28. The van der Waals surface area contributed by atoms with Crippen molar-refractivity contribution in [2.24, 2.45) is 0 Å². The molecule has 0 aliphatic carbocycles. The van der Waals surface area contributed by atoms with Crippen molar-refractivity contribution < 1.29 is 4.74 Å². The van der Waals surface area contributed by atoms with Crippen LogP contribution in [-0.4, -0.2) is 13.7 Å². The van der Waals surface area contributed by atoms with Crippen LogP contribution in [0.1, 0.15) is 29.7 Å². The average Bonchev–Trinajstić information content (AvgIpc) is 2.45. The van der Waals surface area contributed by atoms with Crippen LogP contribution in [0.3, 0.4) is 0 Å². The second kappa shape index (κ2) is 6.78. The van der Waals surface area contributed by atoms with Crippen molar-refractivity contribution in [3.05, 3.63) is 64.2 Å². The van der Waals surface area contributed by atoms with Gasteiger partial charge in [-0.2, -0.15) is 0 Å². The van der Waals surface area contributed by atoms with Gasteiger partial charge in [-0.3, -0.25) is 0 Å². The third kappa shape index (κ3) is 3.33. The Morgan fingerprint density at radius 2 is 2.00 bits per heavy atom. The van der Waals surface area contributed by atoms with Crippen LogP contribution in [0, 0.1) is 6.92 Å². The summed E-state index contributed by atoms with van der Waals surface area (Å²) in [6.45, 7) is 5.10. The Hall–Kier alpha value is -1.51. The first-order valence-electron chi connectivity index (χ1n) is 6.79. The molecular formula is C17H20ClNO. The van der Waals surface area contributed by atoms with E-state index in [0.717, 1.165) is 17.3 Å². The summed E-state index contributed by atoms with van der Waals surface area (Å²) < 4.78 is 5.27. The van der Waals surface area contributed by atoms with Gasteiger partial charge in [0.1, 0.15) is 5.75 Å². The predicted octanol–water partition coefficient (Wildman–Crippen LogP) is 4.36. The minimum atomic E-state index is 0.143. The average molecular weight is 290 g/mol. The molecule has 0 aliphatic rings. The van der Waals surface area contributed by atoms with Crippen LogP contribution in [-0.2, 0) is 0 Å². The van der Waals surface area contributed by atoms with Gasteiger partial charge in [-0.05, 0) is 54.4 Å². The molecule has 0 saturated carbocycles. The molecule has 106 valence electrons. The summed E-state index contributed by atoms with van der Waals surface area (Å²) >= 11 is 6.12. The highest BCUT2D eigenvalue weighted by Gasteiger charge is 2.15. The fourth-order valence-corrected chi connectivity index (χ4v) is 2.60. The smallest absolute Gasteiger partial charge is 0.119 e. The van der Waals surface area contributed by atoms with Crippen molar-refractivity contribution in [1.29, 1.82) is 0 Å². The van der Waals surface area contributed by atoms with Gasteiger partial charge in [0.05, 0.1) is 13.2 Å². The summed E-state index contributed by atoms with van der Waals surface area (Å²) in [6.07, 6.45) is 0. The van der Waals surface area contributed by atoms with Crippen LogP contribution >= 0.6 is 11.6 Å². The van der Waals surface area contributed by atoms with Crippen LogP contribution in [0.15, 0.2) is 42.5 Å². The van der Waals surface area contributed by atoms with E-state index in [1.54, 1.807) is 7.11 Å². The molecule has 2 nitrogen and oxygen atoms in total. The Bertz CT molecular complexity index is 583. The van der Waals surface area contributed by atoms with E-state index in [0.29, 0.717) is 0 Å². The Labute approximate surface area is 125 Å². The summed E-state index contributed by atoms with van der Waals surface area (Å²) in [6, 6.07) is 14.3. The van der Waals surface area contributed by atoms with Crippen molar-refractivity contribution >= 4 is 11.6 Å². The highest BCUT2D eigenvalue weighted by Crippen LogP contribution is 2.28. The van der Waals surface area contributed by atoms with Crippen LogP contribution in [0.5, 0.6) is 5.75 Å². The summed E-state index contributed by atoms with van der Waals surface area (Å²) in [4.78, 5) is 0. The van der Waals surface area contributed by atoms with Crippen LogP contribution in [0.4, 0.5) is 0 Å². The zero-order valence-corrected chi connectivity index (χ0v) is 12.9. The summed E-state index contributed by atoms with van der Waals surface area (Å²) in [5.41, 5.74) is 3.62. The van der Waals surface area contributed by atoms with E-state index < -0.39 is 0 Å². The summed E-state index contributed by atoms with van der Waals surface area (Å²) in [5.74, 6) is 0.882. The molecule has 20 heavy (non-hydrogen) atoms. The lowest BCUT2D eigenvalue weighted by atomic mass is 9.95. The minimum absolute atomic E-state index is 0.143. The Morgan fingerprint density at radius 1 is 1.20 bits per heavy atom. The number of ether oxygens (including phenoxy) is 1. The number of hydrogen-bond donors (Lipinski definition) is 1. The normalized spacial score (nSPS) is 12.2. The van der Waals surface area contributed by atoms with Gasteiger partial charge in [0.2, 0.25) is 0 Å². The number of aryl methyl sites for hydroxylation is 1. The van der Waals surface area contributed by atoms with E-state index in [1.165, 1.54) is 16.7 Å². The number of methoxy groups -OCH3 is 1. The molecule has 0 saturated heterocycles. The fourth-order valence-electron chi connectivity index (χ4n) is 2.40. The number of rotatable bonds is 5. The molecule has 3 heteroatoms. The van der Waals surface area contributed by atoms with Crippen LogP contribution < -0.4 is 10.1 Å². The Balaban J connectivity index is 2.43. The standard InChI is InChI=1S/C17H20ClNO/c1-4-19-17(13-6-5-7-14(18)11-13)16-9-8-15(20-3)10-12(16)2/h5-11,17,19H,4H2,1-3H3. The molecule has 2 rings (SSSR count). The fraction of sp³-hybridized carbons (Fsp3) is 0.294. The molecule has 0 bridgehead atoms. The van der Waals surface area contributed by atoms with E-state index in [9.17, 15) is 0 Å². The quantitative estimate of drug-likeness (QED) is 0.883. The molecule has 0 aliphatic heterocycles. The maximum Gasteiger partial charge on any atom is 0.119 e. The van der Waals surface area contributed by atoms with Gasteiger partial charge in [-0.25, -0.2) is 0 Å². The lowest BCUT2D eigenvalue weighted by Gasteiger charge is -2.21. The number of nitrogens with one attached hydrogen (secondary N) is 1. The predicted molar refractivity (Wildman–Crippen MR) is 84.7 cm³/mol. The van der Waals surface area contributed by atoms with Crippen molar-refractivity contribution in [3.63, 3.8) is 0 Å². The molecular weight excluding hydrogens is 270 g/mol. The Morgan fingerprint density at radius 3 is 2.60 bits per heavy atom. The molecule has 0 amide bonds. The molecule has 0 heterocycles. The molecule has 0 spiro atoms. The molecule has 0 radical (unpaired) electrons. The van der Waals surface area contributed by atoms with Crippen molar-refractivity contribution in [3.8, 4) is 5.75 Å². The van der Waals surface area contributed by atoms with Gasteiger partial charge < -0.3 is 10.1 Å². The van der Waals surface area contributed by atoms with Gasteiger partial charge in [0.15, 0.2) is 0 Å². The lowest BCUT2D eigenvalue weighted by molar-refractivity contribution is 0.414. The first kappa shape index (κ1) is 14.9. The molecule has 1 unspecified atom stereocenters. The van der Waals surface area contributed by atoms with Crippen LogP contribution in [0.2, 0.25) is 5.02 Å². The zero-order chi connectivity index (χ0) is 14.5. The zero-order valence-electron chi connectivity index (χ0n) is 12.1. The second-order valence-corrected chi connectivity index (χ2v) is 5.20. The first-order chi connectivity index (χ1) is 9.65. The molecule has 2 aromatic carbocycles. The Kier molecular flexibility index (Phi) is 5.05. The largest absolute Gasteiger partial charge is 0.497 e. The van der Waals surface area contributed by atoms with Gasteiger partial charge in [0.25, 0.3) is 0 Å². The van der Waals surface area contributed by atoms with E-state index in [1.807, 2.05) is 24.3 Å². The maximum atomic E-state index is 6.12. The molecule has 0 fully saturated rings. The van der Waals surface area contributed by atoms with E-state index in [2.05, 4.69) is 37.4 Å². The number of hydrogen-bond acceptors (Lipinski definition) is 2. The van der Waals surface area contributed by atoms with E-state index >= 15 is 0 Å². The van der Waals surface area contributed by atoms with Gasteiger partial charge >= 0.3 is 0 Å². The second-order valence-electron chi connectivity index (χ2n) is 4.77. The minimum Gasteiger partial charge on any atom is -0.497 e. The van der Waals surface area contributed by atoms with Gasteiger partial charge in [0, 0.05) is 5.02 Å². The van der Waals surface area contributed by atoms with Gasteiger partial charge in [-0.15, -0.1) is 0 Å². The van der Waals surface area contributed by atoms with Crippen molar-refractivity contribution in [1.82, 2.24) is 5.32 Å². The monoisotopic (exact) mass is 289 g/mol. The summed E-state index contributed by atoms with van der Waals surface area (Å²) in [7, 11) is 1.69. The highest BCUT2D eigenvalue weighted by atomic mass is 35.5. The molecule has 1 atom stereocenters. The van der Waals surface area contributed by atoms with Crippen molar-refractivity contribution in [2.75, 3.05) is 13.7 Å². The van der Waals surface area contributed by atoms with Crippen molar-refractivity contribution in [2.45, 2.75) is 19.9 Å². The maximum absolute atomic E-state index is 6.12. The molecule has 1 N–H and O–H groups in total. The van der Waals surface area contributed by atoms with E-state index in [-0.39, 0.29) is 6.04 Å². The number of halogens is 1.